The Bertz CT molecular complexity index is 2660. The fourth-order valence-corrected chi connectivity index (χ4v) is 7.66. The number of furan rings is 1. The van der Waals surface area contributed by atoms with Gasteiger partial charge in [-0.2, -0.15) is 0 Å². The molecular formula is C43H38IrN2OSi-2. The summed E-state index contributed by atoms with van der Waals surface area (Å²) >= 11 is 0. The average Bonchev–Trinajstić information content (AvgIpc) is 3.48. The number of pyridine rings is 2. The third-order valence-electron chi connectivity index (χ3n) is 8.44. The minimum absolute atomic E-state index is 0. The molecule has 3 aromatic heterocycles. The van der Waals surface area contributed by atoms with Crippen molar-refractivity contribution < 1.29 is 32.7 Å². The first-order chi connectivity index (χ1) is 25.0. The number of aryl methyl sites for hydroxylation is 1. The quantitative estimate of drug-likeness (QED) is 0.101. The zero-order valence-corrected chi connectivity index (χ0v) is 30.8. The van der Waals surface area contributed by atoms with E-state index < -0.39 is 33.0 Å². The van der Waals surface area contributed by atoms with Gasteiger partial charge in [0.1, 0.15) is 5.58 Å². The maximum atomic E-state index is 8.44. The molecule has 5 heteroatoms. The summed E-state index contributed by atoms with van der Waals surface area (Å²) in [5.74, 6) is -0.609. The first-order valence-electron chi connectivity index (χ1n) is 18.7. The second-order valence-corrected chi connectivity index (χ2v) is 18.0. The van der Waals surface area contributed by atoms with E-state index in [1.807, 2.05) is 68.6 Å². The Labute approximate surface area is 305 Å². The number of benzene rings is 5. The van der Waals surface area contributed by atoms with E-state index >= 15 is 0 Å². The van der Waals surface area contributed by atoms with Gasteiger partial charge in [-0.05, 0) is 69.0 Å². The molecule has 3 heterocycles. The van der Waals surface area contributed by atoms with Crippen LogP contribution in [-0.2, 0) is 20.1 Å². The van der Waals surface area contributed by atoms with E-state index in [1.165, 1.54) is 11.3 Å². The maximum absolute atomic E-state index is 8.44. The van der Waals surface area contributed by atoms with Crippen LogP contribution >= 0.6 is 0 Å². The minimum Gasteiger partial charge on any atom is -0.501 e. The Hall–Kier alpha value is -4.41. The molecule has 0 aliphatic carbocycles. The molecule has 0 aliphatic heterocycles. The Morgan fingerprint density at radius 3 is 2.38 bits per heavy atom. The van der Waals surface area contributed by atoms with Crippen LogP contribution < -0.4 is 5.19 Å². The Morgan fingerprint density at radius 1 is 0.792 bits per heavy atom. The van der Waals surface area contributed by atoms with E-state index in [9.17, 15) is 0 Å². The van der Waals surface area contributed by atoms with Crippen LogP contribution in [0, 0.1) is 19.0 Å². The molecular weight excluding hydrogens is 781 g/mol. The molecule has 0 amide bonds. The molecule has 1 radical (unpaired) electrons. The summed E-state index contributed by atoms with van der Waals surface area (Å²) in [7, 11) is -1.50. The molecule has 0 fully saturated rings. The summed E-state index contributed by atoms with van der Waals surface area (Å²) in [6.45, 7) is 8.27. The van der Waals surface area contributed by atoms with E-state index in [2.05, 4.69) is 78.1 Å². The molecule has 241 valence electrons. The number of fused-ring (bicyclic) bond motifs is 6. The van der Waals surface area contributed by atoms with Gasteiger partial charge in [0.05, 0.1) is 16.4 Å². The van der Waals surface area contributed by atoms with Crippen LogP contribution in [0.15, 0.2) is 120 Å². The van der Waals surface area contributed by atoms with Crippen molar-refractivity contribution in [3.63, 3.8) is 0 Å². The van der Waals surface area contributed by atoms with Crippen molar-refractivity contribution in [1.82, 2.24) is 9.97 Å². The Balaban J connectivity index is 0.000000205. The van der Waals surface area contributed by atoms with Crippen molar-refractivity contribution in [2.45, 2.75) is 46.2 Å². The molecule has 0 spiro atoms. The van der Waals surface area contributed by atoms with Gasteiger partial charge in [0.25, 0.3) is 0 Å². The first-order valence-corrected chi connectivity index (χ1v) is 19.2. The van der Waals surface area contributed by atoms with Crippen molar-refractivity contribution >= 4 is 56.7 Å². The zero-order chi connectivity index (χ0) is 37.9. The molecule has 0 bridgehead atoms. The predicted molar refractivity (Wildman–Crippen MR) is 201 cm³/mol. The number of aromatic nitrogens is 2. The fourth-order valence-electron chi connectivity index (χ4n) is 6.08. The molecule has 5 aromatic carbocycles. The van der Waals surface area contributed by atoms with Crippen molar-refractivity contribution in [2.75, 3.05) is 0 Å². The van der Waals surface area contributed by atoms with E-state index in [4.69, 9.17) is 12.6 Å². The molecule has 3 nitrogen and oxygen atoms in total. The summed E-state index contributed by atoms with van der Waals surface area (Å²) < 4.78 is 53.9. The van der Waals surface area contributed by atoms with E-state index in [0.717, 1.165) is 49.1 Å². The van der Waals surface area contributed by atoms with Crippen LogP contribution in [0.2, 0.25) is 19.6 Å². The summed E-state index contributed by atoms with van der Waals surface area (Å²) in [5, 5.41) is 7.52. The maximum Gasteiger partial charge on any atom is 0.121 e. The minimum atomic E-state index is -2.52. The molecule has 8 aromatic rings. The molecule has 0 saturated carbocycles. The van der Waals surface area contributed by atoms with Gasteiger partial charge in [-0.3, -0.25) is 0 Å². The molecule has 0 unspecified atom stereocenters. The zero-order valence-electron chi connectivity index (χ0n) is 33.5. The second-order valence-electron chi connectivity index (χ2n) is 13.0. The monoisotopic (exact) mass is 825 g/mol. The van der Waals surface area contributed by atoms with Crippen molar-refractivity contribution in [3.05, 3.63) is 139 Å². The molecule has 0 saturated heterocycles. The number of hydrogen-bond donors (Lipinski definition) is 0. The van der Waals surface area contributed by atoms with Gasteiger partial charge in [-0.15, -0.1) is 54.1 Å². The molecule has 48 heavy (non-hydrogen) atoms. The van der Waals surface area contributed by atoms with Gasteiger partial charge in [-0.1, -0.05) is 104 Å². The van der Waals surface area contributed by atoms with Gasteiger partial charge in [0.2, 0.25) is 0 Å². The van der Waals surface area contributed by atoms with Crippen LogP contribution in [0.3, 0.4) is 0 Å². The van der Waals surface area contributed by atoms with Crippen LogP contribution in [0.1, 0.15) is 39.1 Å². The summed E-state index contributed by atoms with van der Waals surface area (Å²) in [6.07, 6.45) is 1.59. The molecule has 0 aliphatic rings. The fraction of sp³-hybridized carbons (Fsp3) is 0.163. The van der Waals surface area contributed by atoms with Crippen LogP contribution in [0.25, 0.3) is 66.0 Å². The van der Waals surface area contributed by atoms with Crippen molar-refractivity contribution in [1.29, 1.82) is 0 Å². The summed E-state index contributed by atoms with van der Waals surface area (Å²) in [4.78, 5) is 8.78. The largest absolute Gasteiger partial charge is 0.501 e. The van der Waals surface area contributed by atoms with E-state index in [1.54, 1.807) is 6.07 Å². The van der Waals surface area contributed by atoms with Gasteiger partial charge < -0.3 is 14.4 Å². The second kappa shape index (κ2) is 13.6. The van der Waals surface area contributed by atoms with Crippen LogP contribution in [0.5, 0.6) is 0 Å². The first kappa shape index (κ1) is 26.5. The topological polar surface area (TPSA) is 38.9 Å². The summed E-state index contributed by atoms with van der Waals surface area (Å²) in [5.41, 5.74) is 4.72. The molecule has 8 rings (SSSR count). The number of hydrogen-bond acceptors (Lipinski definition) is 3. The smallest absolute Gasteiger partial charge is 0.121 e. The van der Waals surface area contributed by atoms with E-state index in [-0.39, 0.29) is 31.4 Å². The number of nitrogens with zero attached hydrogens (tertiary/aromatic N) is 2. The van der Waals surface area contributed by atoms with Gasteiger partial charge >= 0.3 is 0 Å². The number of rotatable bonds is 4. The Kier molecular flexibility index (Phi) is 7.52. The standard InChI is InChI=1S/C26H16NO.C17H22NSi.Ir/c1-16-11-12-27-24(13-16)21-8-4-7-20-23-14-18-10-9-17-5-2-3-6-19(17)22(18)15-25(23)28-26(20)21;1-13(2)15-11-16(14-9-7-6-8-10-14)18-12-17(15)19(3,4)5;/h2-7,9-15H,1H3;6-9,11-13H,1-5H3;/q2*-1;/i1D3,11D,12D;13D;. The van der Waals surface area contributed by atoms with Crippen LogP contribution in [-0.4, -0.2) is 18.0 Å². The normalized spacial score (nSPS) is 13.9. The third kappa shape index (κ3) is 6.51. The van der Waals surface area contributed by atoms with Gasteiger partial charge in [-0.25, -0.2) is 0 Å². The average molecular weight is 825 g/mol. The van der Waals surface area contributed by atoms with Crippen molar-refractivity contribution in [2.24, 2.45) is 0 Å². The predicted octanol–water partition coefficient (Wildman–Crippen LogP) is 11.3. The third-order valence-corrected chi connectivity index (χ3v) is 10.5. The van der Waals surface area contributed by atoms with Gasteiger partial charge in [0.15, 0.2) is 0 Å². The van der Waals surface area contributed by atoms with Crippen LogP contribution in [0.4, 0.5) is 0 Å². The molecule has 0 N–H and O–H groups in total. The SMILES string of the molecule is [2H]C(C)(C)c1cc(-c2[c-]cccc2)ncc1[Si](C)(C)C.[2H]c1nc(-c2[c-]ccc3c2oc2cc4c(ccc5ccccc54)cc23)cc(C([2H])([2H])[2H])c1[2H].[Ir]. The summed E-state index contributed by atoms with van der Waals surface area (Å²) in [6, 6.07) is 37.3. The molecule has 0 atom stereocenters. The van der Waals surface area contributed by atoms with E-state index in [0.29, 0.717) is 16.7 Å². The Morgan fingerprint density at radius 2 is 1.60 bits per heavy atom. The van der Waals surface area contributed by atoms with Crippen molar-refractivity contribution in [3.8, 4) is 22.5 Å². The van der Waals surface area contributed by atoms with Gasteiger partial charge in [0, 0.05) is 43.3 Å².